The van der Waals surface area contributed by atoms with Crippen molar-refractivity contribution in [2.45, 2.75) is 6.92 Å². The second-order valence-corrected chi connectivity index (χ2v) is 7.78. The molecule has 1 aliphatic heterocycles. The number of pyridine rings is 1. The third-order valence-corrected chi connectivity index (χ3v) is 5.58. The SMILES string of the molecule is COc1ccc(N2C(=O)c3cc(-c4ccccc4)nc(Nc4ccc(C)cc4)c3C2=O)cc1. The molecular formula is C27H21N3O3. The minimum Gasteiger partial charge on any atom is -0.497 e. The van der Waals surface area contributed by atoms with E-state index in [-0.39, 0.29) is 11.5 Å². The molecule has 5 rings (SSSR count). The third kappa shape index (κ3) is 3.72. The number of carbonyl (C=O) groups excluding carboxylic acids is 2. The lowest BCUT2D eigenvalue weighted by atomic mass is 10.1. The molecule has 0 fully saturated rings. The first kappa shape index (κ1) is 20.5. The number of imide groups is 1. The van der Waals surface area contributed by atoms with Gasteiger partial charge in [0, 0.05) is 11.3 Å². The molecule has 0 saturated carbocycles. The van der Waals surface area contributed by atoms with E-state index in [9.17, 15) is 9.59 Å². The van der Waals surface area contributed by atoms with Gasteiger partial charge >= 0.3 is 0 Å². The van der Waals surface area contributed by atoms with Crippen LogP contribution in [0.1, 0.15) is 26.3 Å². The van der Waals surface area contributed by atoms with E-state index in [1.807, 2.05) is 61.5 Å². The van der Waals surface area contributed by atoms with Crippen LogP contribution in [0.3, 0.4) is 0 Å². The second kappa shape index (κ2) is 8.24. The van der Waals surface area contributed by atoms with Crippen molar-refractivity contribution in [3.05, 3.63) is 102 Å². The molecule has 2 amide bonds. The lowest BCUT2D eigenvalue weighted by Crippen LogP contribution is -2.29. The van der Waals surface area contributed by atoms with Crippen molar-refractivity contribution < 1.29 is 14.3 Å². The molecule has 1 aliphatic rings. The zero-order valence-corrected chi connectivity index (χ0v) is 18.2. The lowest BCUT2D eigenvalue weighted by molar-refractivity contribution is 0.0926. The van der Waals surface area contributed by atoms with Gasteiger partial charge in [0.2, 0.25) is 0 Å². The summed E-state index contributed by atoms with van der Waals surface area (Å²) in [5.74, 6) is 0.197. The molecule has 33 heavy (non-hydrogen) atoms. The molecule has 0 saturated heterocycles. The lowest BCUT2D eigenvalue weighted by Gasteiger charge is -2.14. The number of hydrogen-bond acceptors (Lipinski definition) is 5. The summed E-state index contributed by atoms with van der Waals surface area (Å²) in [5.41, 5.74) is 4.43. The topological polar surface area (TPSA) is 71.5 Å². The first-order valence-corrected chi connectivity index (χ1v) is 10.5. The van der Waals surface area contributed by atoms with E-state index in [0.29, 0.717) is 28.5 Å². The van der Waals surface area contributed by atoms with E-state index in [1.165, 1.54) is 4.90 Å². The number of benzene rings is 3. The monoisotopic (exact) mass is 435 g/mol. The summed E-state index contributed by atoms with van der Waals surface area (Å²) < 4.78 is 5.20. The fourth-order valence-corrected chi connectivity index (χ4v) is 3.84. The highest BCUT2D eigenvalue weighted by molar-refractivity contribution is 6.36. The Morgan fingerprint density at radius 1 is 0.848 bits per heavy atom. The van der Waals surface area contributed by atoms with E-state index < -0.39 is 5.91 Å². The van der Waals surface area contributed by atoms with Crippen molar-refractivity contribution in [2.24, 2.45) is 0 Å². The van der Waals surface area contributed by atoms with Crippen LogP contribution in [-0.2, 0) is 0 Å². The molecule has 3 aromatic carbocycles. The fourth-order valence-electron chi connectivity index (χ4n) is 3.84. The van der Waals surface area contributed by atoms with Crippen LogP contribution in [0, 0.1) is 6.92 Å². The summed E-state index contributed by atoms with van der Waals surface area (Å²) in [5, 5.41) is 3.25. The molecule has 0 unspecified atom stereocenters. The fraction of sp³-hybridized carbons (Fsp3) is 0.0741. The number of aryl methyl sites for hydroxylation is 1. The van der Waals surface area contributed by atoms with Gasteiger partial charge in [-0.05, 0) is 49.4 Å². The molecule has 1 aromatic heterocycles. The number of aromatic nitrogens is 1. The Labute approximate surface area is 191 Å². The van der Waals surface area contributed by atoms with Crippen LogP contribution in [0.5, 0.6) is 5.75 Å². The Kier molecular flexibility index (Phi) is 5.11. The van der Waals surface area contributed by atoms with Crippen LogP contribution in [0.25, 0.3) is 11.3 Å². The number of ether oxygens (including phenoxy) is 1. The standard InChI is InChI=1S/C27H21N3O3/c1-17-8-10-19(11-9-17)28-25-24-22(16-23(29-25)18-6-4-3-5-7-18)26(31)30(27(24)32)20-12-14-21(33-2)15-13-20/h3-16H,1-2H3,(H,28,29). The Morgan fingerprint density at radius 3 is 2.21 bits per heavy atom. The number of methoxy groups -OCH3 is 1. The Hall–Kier alpha value is -4.45. The highest BCUT2D eigenvalue weighted by atomic mass is 16.5. The largest absolute Gasteiger partial charge is 0.497 e. The van der Waals surface area contributed by atoms with Crippen molar-refractivity contribution in [3.8, 4) is 17.0 Å². The molecule has 4 aromatic rings. The first-order chi connectivity index (χ1) is 16.0. The highest BCUT2D eigenvalue weighted by Crippen LogP contribution is 2.36. The predicted octanol–water partition coefficient (Wildman–Crippen LogP) is 5.61. The van der Waals surface area contributed by atoms with Crippen molar-refractivity contribution in [1.82, 2.24) is 4.98 Å². The van der Waals surface area contributed by atoms with E-state index in [4.69, 9.17) is 9.72 Å². The molecule has 6 heteroatoms. The maximum absolute atomic E-state index is 13.5. The number of amides is 2. The Balaban J connectivity index is 1.63. The normalized spacial score (nSPS) is 12.6. The summed E-state index contributed by atoms with van der Waals surface area (Å²) in [6, 6.07) is 25.9. The van der Waals surface area contributed by atoms with Crippen molar-refractivity contribution >= 4 is 29.0 Å². The molecule has 0 atom stereocenters. The third-order valence-electron chi connectivity index (χ3n) is 5.58. The number of hydrogen-bond donors (Lipinski definition) is 1. The van der Waals surface area contributed by atoms with Crippen LogP contribution in [0.2, 0.25) is 0 Å². The average Bonchev–Trinajstić information content (AvgIpc) is 3.11. The molecule has 162 valence electrons. The summed E-state index contributed by atoms with van der Waals surface area (Å²) in [7, 11) is 1.57. The van der Waals surface area contributed by atoms with Gasteiger partial charge in [-0.2, -0.15) is 0 Å². The minimum absolute atomic E-state index is 0.260. The van der Waals surface area contributed by atoms with Crippen molar-refractivity contribution in [1.29, 1.82) is 0 Å². The molecule has 0 radical (unpaired) electrons. The molecule has 6 nitrogen and oxygen atoms in total. The Bertz CT molecular complexity index is 1350. The van der Waals surface area contributed by atoms with Crippen LogP contribution in [0.4, 0.5) is 17.2 Å². The van der Waals surface area contributed by atoms with Gasteiger partial charge in [0.15, 0.2) is 0 Å². The maximum atomic E-state index is 13.5. The Morgan fingerprint density at radius 2 is 1.55 bits per heavy atom. The summed E-state index contributed by atoms with van der Waals surface area (Å²) >= 11 is 0. The molecule has 0 bridgehead atoms. The number of nitrogens with one attached hydrogen (secondary N) is 1. The first-order valence-electron chi connectivity index (χ1n) is 10.5. The van der Waals surface area contributed by atoms with Gasteiger partial charge in [-0.15, -0.1) is 0 Å². The number of rotatable bonds is 5. The van der Waals surface area contributed by atoms with Gasteiger partial charge in [0.25, 0.3) is 11.8 Å². The van der Waals surface area contributed by atoms with E-state index in [0.717, 1.165) is 16.8 Å². The van der Waals surface area contributed by atoms with Gasteiger partial charge in [-0.3, -0.25) is 9.59 Å². The van der Waals surface area contributed by atoms with E-state index >= 15 is 0 Å². The van der Waals surface area contributed by atoms with Gasteiger partial charge in [-0.1, -0.05) is 48.0 Å². The van der Waals surface area contributed by atoms with E-state index in [2.05, 4.69) is 5.32 Å². The number of anilines is 3. The number of carbonyl (C=O) groups is 2. The second-order valence-electron chi connectivity index (χ2n) is 7.78. The van der Waals surface area contributed by atoms with Gasteiger partial charge < -0.3 is 10.1 Å². The van der Waals surface area contributed by atoms with Crippen molar-refractivity contribution in [3.63, 3.8) is 0 Å². The van der Waals surface area contributed by atoms with E-state index in [1.54, 1.807) is 37.4 Å². The zero-order chi connectivity index (χ0) is 22.9. The molecule has 0 spiro atoms. The van der Waals surface area contributed by atoms with Crippen LogP contribution in [0.15, 0.2) is 84.9 Å². The summed E-state index contributed by atoms with van der Waals surface area (Å²) in [6.07, 6.45) is 0. The van der Waals surface area contributed by atoms with Gasteiger partial charge in [0.1, 0.15) is 11.6 Å². The smallest absolute Gasteiger partial charge is 0.269 e. The molecule has 2 heterocycles. The van der Waals surface area contributed by atoms with Gasteiger partial charge in [0.05, 0.1) is 29.6 Å². The number of nitrogens with zero attached hydrogens (tertiary/aromatic N) is 2. The van der Waals surface area contributed by atoms with Crippen LogP contribution in [-0.4, -0.2) is 23.9 Å². The maximum Gasteiger partial charge on any atom is 0.269 e. The number of fused-ring (bicyclic) bond motifs is 1. The highest BCUT2D eigenvalue weighted by Gasteiger charge is 2.40. The summed E-state index contributed by atoms with van der Waals surface area (Å²) in [4.78, 5) is 32.8. The van der Waals surface area contributed by atoms with Gasteiger partial charge in [-0.25, -0.2) is 9.88 Å². The zero-order valence-electron chi connectivity index (χ0n) is 18.2. The quantitative estimate of drug-likeness (QED) is 0.413. The predicted molar refractivity (Wildman–Crippen MR) is 128 cm³/mol. The minimum atomic E-state index is -0.415. The molecular weight excluding hydrogens is 414 g/mol. The van der Waals surface area contributed by atoms with Crippen LogP contribution >= 0.6 is 0 Å². The van der Waals surface area contributed by atoms with Crippen LogP contribution < -0.4 is 15.0 Å². The molecule has 1 N–H and O–H groups in total. The molecule has 0 aliphatic carbocycles. The average molecular weight is 435 g/mol. The summed E-state index contributed by atoms with van der Waals surface area (Å²) in [6.45, 7) is 2.00. The van der Waals surface area contributed by atoms with Crippen molar-refractivity contribution in [2.75, 3.05) is 17.3 Å².